The highest BCUT2D eigenvalue weighted by Crippen LogP contribution is 2.08. The molecule has 0 atom stereocenters. The van der Waals surface area contributed by atoms with Gasteiger partial charge in [0, 0.05) is 124 Å². The molecule has 6 aliphatic heterocycles. The second-order valence-electron chi connectivity index (χ2n) is 10.6. The Morgan fingerprint density at radius 3 is 1.35 bits per heavy atom. The van der Waals surface area contributed by atoms with Gasteiger partial charge in [-0.1, -0.05) is 0 Å². The molecule has 0 radical (unpaired) electrons. The third-order valence-corrected chi connectivity index (χ3v) is 7.55. The van der Waals surface area contributed by atoms with Gasteiger partial charge in [-0.25, -0.2) is 0 Å². The molecule has 0 unspecified atom stereocenters. The van der Waals surface area contributed by atoms with Crippen LogP contribution in [0.15, 0.2) is 0 Å². The van der Waals surface area contributed by atoms with Crippen molar-refractivity contribution in [3.63, 3.8) is 0 Å². The van der Waals surface area contributed by atoms with Crippen molar-refractivity contribution in [3.05, 3.63) is 0 Å². The summed E-state index contributed by atoms with van der Waals surface area (Å²) in [6.07, 6.45) is 0. The highest BCUT2D eigenvalue weighted by Gasteiger charge is 2.37. The molecule has 6 heterocycles. The molecule has 0 aromatic carbocycles. The lowest BCUT2D eigenvalue weighted by Crippen LogP contribution is -2.78. The van der Waals surface area contributed by atoms with Crippen LogP contribution in [0, 0.1) is 0 Å². The van der Waals surface area contributed by atoms with Crippen LogP contribution in [0.1, 0.15) is 0 Å². The molecular weight excluding hydrogens is 432 g/mol. The summed E-state index contributed by atoms with van der Waals surface area (Å²) in [5.41, 5.74) is 6.30. The van der Waals surface area contributed by atoms with Gasteiger partial charge in [0.25, 0.3) is 0 Å². The molecular formula is C22H50N12. The van der Waals surface area contributed by atoms with E-state index in [-0.39, 0.29) is 16.9 Å². The average molecular weight is 483 g/mol. The summed E-state index contributed by atoms with van der Waals surface area (Å²) in [4.78, 5) is 2.51. The van der Waals surface area contributed by atoms with Gasteiger partial charge in [0.1, 0.15) is 5.79 Å². The third-order valence-electron chi connectivity index (χ3n) is 7.55. The standard InChI is InChI=1S/C22H50N12/c23-20-13-24-1-4-27-16-21(17-28-5-2-25-14-20,18-29-6-3-26-15-20)33-19-22-30-7-10-34(11-8-31-22)12-9-32-22/h24-33H,1-19,23H2. The molecule has 198 valence electrons. The number of nitrogens with zero attached hydrogens (tertiary/aromatic N) is 1. The Hall–Kier alpha value is -0.480. The molecule has 0 aliphatic carbocycles. The summed E-state index contributed by atoms with van der Waals surface area (Å²) in [6.45, 7) is 17.6. The first-order valence-electron chi connectivity index (χ1n) is 13.4. The Morgan fingerprint density at radius 1 is 0.559 bits per heavy atom. The monoisotopic (exact) mass is 482 g/mol. The summed E-state index contributed by atoms with van der Waals surface area (Å²) in [5, 5.41) is 37.2. The van der Waals surface area contributed by atoms with Crippen LogP contribution in [0.5, 0.6) is 0 Å². The van der Waals surface area contributed by atoms with Crippen molar-refractivity contribution in [2.75, 3.05) is 124 Å². The molecule has 4 bridgehead atoms. The minimum Gasteiger partial charge on any atom is -0.322 e. The van der Waals surface area contributed by atoms with Crippen molar-refractivity contribution < 1.29 is 0 Å². The van der Waals surface area contributed by atoms with Crippen molar-refractivity contribution in [1.82, 2.24) is 58.1 Å². The van der Waals surface area contributed by atoms with Gasteiger partial charge in [0.15, 0.2) is 0 Å². The summed E-state index contributed by atoms with van der Waals surface area (Å²) in [7, 11) is 0. The number of hydrogen-bond acceptors (Lipinski definition) is 12. The fraction of sp³-hybridized carbons (Fsp3) is 1.00. The summed E-state index contributed by atoms with van der Waals surface area (Å²) in [6, 6.07) is 0. The van der Waals surface area contributed by atoms with Crippen LogP contribution in [0.25, 0.3) is 0 Å². The lowest BCUT2D eigenvalue weighted by Gasteiger charge is -2.46. The zero-order chi connectivity index (χ0) is 23.6. The zero-order valence-electron chi connectivity index (χ0n) is 21.0. The van der Waals surface area contributed by atoms with Crippen molar-refractivity contribution in [2.24, 2.45) is 5.73 Å². The normalized spacial score (nSPS) is 40.0. The van der Waals surface area contributed by atoms with Gasteiger partial charge in [-0.15, -0.1) is 0 Å². The largest absolute Gasteiger partial charge is 0.322 e. The number of rotatable bonds is 3. The number of nitrogens with one attached hydrogen (secondary N) is 10. The quantitative estimate of drug-likeness (QED) is 0.186. The summed E-state index contributed by atoms with van der Waals surface area (Å²) < 4.78 is 0. The number of hydrogen-bond donors (Lipinski definition) is 11. The van der Waals surface area contributed by atoms with E-state index in [1.165, 1.54) is 0 Å². The van der Waals surface area contributed by atoms with Gasteiger partial charge in [0.05, 0.1) is 11.1 Å². The lowest BCUT2D eigenvalue weighted by atomic mass is 9.97. The molecule has 6 fully saturated rings. The van der Waals surface area contributed by atoms with E-state index < -0.39 is 0 Å². The highest BCUT2D eigenvalue weighted by molar-refractivity contribution is 5.00. The van der Waals surface area contributed by atoms with Crippen LogP contribution < -0.4 is 58.9 Å². The Labute approximate surface area is 205 Å². The number of fused-ring (bicyclic) bond motifs is 21. The molecule has 6 rings (SSSR count). The third kappa shape index (κ3) is 8.02. The van der Waals surface area contributed by atoms with Crippen molar-refractivity contribution in [1.29, 1.82) is 0 Å². The molecule has 0 saturated carbocycles. The van der Waals surface area contributed by atoms with Gasteiger partial charge in [-0.3, -0.25) is 20.9 Å². The maximum atomic E-state index is 6.71. The number of nitrogens with two attached hydrogens (primary N) is 1. The predicted octanol–water partition coefficient (Wildman–Crippen LogP) is -5.67. The maximum absolute atomic E-state index is 6.71. The van der Waals surface area contributed by atoms with Crippen LogP contribution in [0.2, 0.25) is 0 Å². The summed E-state index contributed by atoms with van der Waals surface area (Å²) >= 11 is 0. The molecule has 12 nitrogen and oxygen atoms in total. The SMILES string of the molecule is NC12CNCCNCC(NCC34NCCN(CCN3)CCN4)(CNCCNC1)CNCCNC2. The van der Waals surface area contributed by atoms with Crippen LogP contribution in [-0.4, -0.2) is 146 Å². The van der Waals surface area contributed by atoms with Crippen molar-refractivity contribution >= 4 is 0 Å². The van der Waals surface area contributed by atoms with E-state index >= 15 is 0 Å². The first-order valence-corrected chi connectivity index (χ1v) is 13.4. The highest BCUT2D eigenvalue weighted by atomic mass is 15.4. The molecule has 12 heteroatoms. The second kappa shape index (κ2) is 13.2. The minimum absolute atomic E-state index is 0.123. The molecule has 0 amide bonds. The molecule has 0 spiro atoms. The molecule has 34 heavy (non-hydrogen) atoms. The average Bonchev–Trinajstić information content (AvgIpc) is 2.79. The van der Waals surface area contributed by atoms with E-state index in [1.54, 1.807) is 0 Å². The Bertz CT molecular complexity index is 520. The van der Waals surface area contributed by atoms with E-state index in [1.807, 2.05) is 0 Å². The smallest absolute Gasteiger partial charge is 0.136 e. The second-order valence-corrected chi connectivity index (χ2v) is 10.6. The van der Waals surface area contributed by atoms with Gasteiger partial charge < -0.3 is 43.0 Å². The Morgan fingerprint density at radius 2 is 0.941 bits per heavy atom. The first-order chi connectivity index (χ1) is 16.6. The molecule has 6 aliphatic rings. The Kier molecular flexibility index (Phi) is 10.3. The predicted molar refractivity (Wildman–Crippen MR) is 138 cm³/mol. The lowest BCUT2D eigenvalue weighted by molar-refractivity contribution is 0.101. The molecule has 12 N–H and O–H groups in total. The zero-order valence-corrected chi connectivity index (χ0v) is 21.0. The minimum atomic E-state index is -0.294. The van der Waals surface area contributed by atoms with Crippen LogP contribution in [0.3, 0.4) is 0 Å². The van der Waals surface area contributed by atoms with Crippen molar-refractivity contribution in [2.45, 2.75) is 16.9 Å². The van der Waals surface area contributed by atoms with E-state index in [0.29, 0.717) is 0 Å². The van der Waals surface area contributed by atoms with Crippen LogP contribution in [-0.2, 0) is 0 Å². The van der Waals surface area contributed by atoms with E-state index in [4.69, 9.17) is 5.73 Å². The van der Waals surface area contributed by atoms with Gasteiger partial charge in [0.2, 0.25) is 0 Å². The molecule has 0 aromatic heterocycles. The van der Waals surface area contributed by atoms with E-state index in [0.717, 1.165) is 124 Å². The van der Waals surface area contributed by atoms with Crippen molar-refractivity contribution in [3.8, 4) is 0 Å². The van der Waals surface area contributed by atoms with Gasteiger partial charge in [-0.2, -0.15) is 0 Å². The van der Waals surface area contributed by atoms with Gasteiger partial charge in [-0.05, 0) is 0 Å². The first kappa shape index (κ1) is 26.6. The molecule has 0 aromatic rings. The molecule has 6 saturated heterocycles. The van der Waals surface area contributed by atoms with Gasteiger partial charge >= 0.3 is 0 Å². The van der Waals surface area contributed by atoms with Crippen LogP contribution >= 0.6 is 0 Å². The summed E-state index contributed by atoms with van der Waals surface area (Å²) in [5.74, 6) is -0.283. The van der Waals surface area contributed by atoms with Crippen LogP contribution in [0.4, 0.5) is 0 Å². The topological polar surface area (TPSA) is 150 Å². The van der Waals surface area contributed by atoms with E-state index in [9.17, 15) is 0 Å². The Balaban J connectivity index is 1.45. The fourth-order valence-electron chi connectivity index (χ4n) is 5.40. The maximum Gasteiger partial charge on any atom is 0.136 e. The fourth-order valence-corrected chi connectivity index (χ4v) is 5.40. The van der Waals surface area contributed by atoms with E-state index in [2.05, 4.69) is 58.1 Å².